The van der Waals surface area contributed by atoms with Crippen molar-refractivity contribution >= 4 is 0 Å². The van der Waals surface area contributed by atoms with E-state index in [-0.39, 0.29) is 11.2 Å². The largest absolute Gasteiger partial charge is 0.509 e. The molecule has 0 aromatic heterocycles. The van der Waals surface area contributed by atoms with E-state index in [0.29, 0.717) is 0 Å². The first-order chi connectivity index (χ1) is 4.84. The SMILES string of the molecule is C=C(O)/C=C\C(=C)C(C)(C)C. The Morgan fingerprint density at radius 1 is 1.18 bits per heavy atom. The molecular formula is C10H16O. The summed E-state index contributed by atoms with van der Waals surface area (Å²) in [5.74, 6) is 0.0652. The molecule has 0 saturated carbocycles. The van der Waals surface area contributed by atoms with E-state index >= 15 is 0 Å². The monoisotopic (exact) mass is 152 g/mol. The van der Waals surface area contributed by atoms with Crippen LogP contribution >= 0.6 is 0 Å². The molecule has 1 heteroatoms. The van der Waals surface area contributed by atoms with Gasteiger partial charge >= 0.3 is 0 Å². The molecule has 11 heavy (non-hydrogen) atoms. The van der Waals surface area contributed by atoms with Crippen LogP contribution in [0.3, 0.4) is 0 Å². The lowest BCUT2D eigenvalue weighted by Crippen LogP contribution is -2.05. The van der Waals surface area contributed by atoms with Gasteiger partial charge in [0.2, 0.25) is 0 Å². The molecule has 0 saturated heterocycles. The summed E-state index contributed by atoms with van der Waals surface area (Å²) < 4.78 is 0. The van der Waals surface area contributed by atoms with Gasteiger partial charge in [-0.2, -0.15) is 0 Å². The van der Waals surface area contributed by atoms with Crippen molar-refractivity contribution in [3.05, 3.63) is 36.6 Å². The van der Waals surface area contributed by atoms with Crippen LogP contribution in [0.2, 0.25) is 0 Å². The van der Waals surface area contributed by atoms with Crippen molar-refractivity contribution in [3.8, 4) is 0 Å². The third kappa shape index (κ3) is 4.43. The molecule has 0 fully saturated rings. The van der Waals surface area contributed by atoms with Crippen molar-refractivity contribution in [3.63, 3.8) is 0 Å². The number of hydrogen-bond acceptors (Lipinski definition) is 1. The standard InChI is InChI=1S/C10H16O/c1-8(10(3,4)5)6-7-9(2)11/h6-7,11H,1-2H2,3-5H3/b7-6-. The van der Waals surface area contributed by atoms with Gasteiger partial charge in [-0.25, -0.2) is 0 Å². The fraction of sp³-hybridized carbons (Fsp3) is 0.400. The molecule has 0 aromatic carbocycles. The molecule has 0 rings (SSSR count). The molecule has 0 unspecified atom stereocenters. The summed E-state index contributed by atoms with van der Waals surface area (Å²) in [5.41, 5.74) is 1.04. The zero-order chi connectivity index (χ0) is 9.07. The van der Waals surface area contributed by atoms with Gasteiger partial charge in [-0.1, -0.05) is 40.0 Å². The van der Waals surface area contributed by atoms with Crippen LogP contribution in [0.4, 0.5) is 0 Å². The predicted octanol–water partition coefficient (Wildman–Crippen LogP) is 3.22. The molecule has 62 valence electrons. The van der Waals surface area contributed by atoms with Crippen LogP contribution in [0.5, 0.6) is 0 Å². The number of aliphatic hydroxyl groups is 1. The minimum atomic E-state index is 0.0615. The molecule has 1 N–H and O–H groups in total. The van der Waals surface area contributed by atoms with Crippen molar-refractivity contribution in [2.75, 3.05) is 0 Å². The molecule has 0 bridgehead atoms. The Kier molecular flexibility index (Phi) is 3.12. The highest BCUT2D eigenvalue weighted by molar-refractivity contribution is 5.24. The maximum absolute atomic E-state index is 8.74. The maximum atomic E-state index is 8.74. The smallest absolute Gasteiger partial charge is 0.108 e. The Balaban J connectivity index is 4.20. The minimum absolute atomic E-state index is 0.0615. The first-order valence-corrected chi connectivity index (χ1v) is 3.59. The van der Waals surface area contributed by atoms with Crippen LogP contribution < -0.4 is 0 Å². The first kappa shape index (κ1) is 10.0. The Morgan fingerprint density at radius 3 is 1.91 bits per heavy atom. The van der Waals surface area contributed by atoms with Crippen LogP contribution in [-0.2, 0) is 0 Å². The Labute approximate surface area is 68.7 Å². The van der Waals surface area contributed by atoms with Gasteiger partial charge in [-0.05, 0) is 17.1 Å². The second-order valence-electron chi connectivity index (χ2n) is 3.60. The summed E-state index contributed by atoms with van der Waals surface area (Å²) in [5, 5.41) is 8.74. The van der Waals surface area contributed by atoms with E-state index in [4.69, 9.17) is 5.11 Å². The molecule has 0 aliphatic heterocycles. The molecule has 0 aromatic rings. The molecule has 0 aliphatic carbocycles. The number of allylic oxidation sites excluding steroid dienone is 3. The topological polar surface area (TPSA) is 20.2 Å². The summed E-state index contributed by atoms with van der Waals surface area (Å²) in [7, 11) is 0. The quantitative estimate of drug-likeness (QED) is 0.476. The molecule has 0 atom stereocenters. The number of aliphatic hydroxyl groups excluding tert-OH is 1. The van der Waals surface area contributed by atoms with E-state index in [0.717, 1.165) is 5.57 Å². The summed E-state index contributed by atoms with van der Waals surface area (Å²) in [6, 6.07) is 0. The average molecular weight is 152 g/mol. The second-order valence-corrected chi connectivity index (χ2v) is 3.60. The van der Waals surface area contributed by atoms with E-state index in [1.807, 2.05) is 0 Å². The van der Waals surface area contributed by atoms with Crippen molar-refractivity contribution in [1.82, 2.24) is 0 Å². The predicted molar refractivity (Wildman–Crippen MR) is 49.5 cm³/mol. The molecule has 1 nitrogen and oxygen atoms in total. The fourth-order valence-corrected chi connectivity index (χ4v) is 0.447. The molecule has 0 spiro atoms. The van der Waals surface area contributed by atoms with Gasteiger partial charge in [0.25, 0.3) is 0 Å². The van der Waals surface area contributed by atoms with Crippen LogP contribution in [0.15, 0.2) is 36.6 Å². The fourth-order valence-electron chi connectivity index (χ4n) is 0.447. The van der Waals surface area contributed by atoms with Gasteiger partial charge < -0.3 is 5.11 Å². The average Bonchev–Trinajstić information content (AvgIpc) is 1.80. The normalized spacial score (nSPS) is 11.9. The van der Waals surface area contributed by atoms with Gasteiger partial charge in [0, 0.05) is 0 Å². The van der Waals surface area contributed by atoms with E-state index in [1.54, 1.807) is 12.2 Å². The van der Waals surface area contributed by atoms with Crippen molar-refractivity contribution in [2.24, 2.45) is 5.41 Å². The lowest BCUT2D eigenvalue weighted by atomic mass is 9.87. The van der Waals surface area contributed by atoms with E-state index < -0.39 is 0 Å². The lowest BCUT2D eigenvalue weighted by Gasteiger charge is -2.18. The van der Waals surface area contributed by atoms with Gasteiger partial charge in [0.15, 0.2) is 0 Å². The maximum Gasteiger partial charge on any atom is 0.108 e. The van der Waals surface area contributed by atoms with Crippen molar-refractivity contribution < 1.29 is 5.11 Å². The van der Waals surface area contributed by atoms with Crippen molar-refractivity contribution in [1.29, 1.82) is 0 Å². The zero-order valence-electron chi connectivity index (χ0n) is 7.52. The molecule has 0 radical (unpaired) electrons. The summed E-state index contributed by atoms with van der Waals surface area (Å²) in [6.07, 6.45) is 3.33. The molecular weight excluding hydrogens is 136 g/mol. The van der Waals surface area contributed by atoms with Gasteiger partial charge in [0.1, 0.15) is 5.76 Å². The van der Waals surface area contributed by atoms with Crippen LogP contribution in [-0.4, -0.2) is 5.11 Å². The Bertz CT molecular complexity index is 191. The number of rotatable bonds is 2. The first-order valence-electron chi connectivity index (χ1n) is 3.59. The van der Waals surface area contributed by atoms with E-state index in [1.165, 1.54) is 0 Å². The van der Waals surface area contributed by atoms with Crippen LogP contribution in [0, 0.1) is 5.41 Å². The molecule has 0 heterocycles. The van der Waals surface area contributed by atoms with Crippen LogP contribution in [0.25, 0.3) is 0 Å². The highest BCUT2D eigenvalue weighted by Crippen LogP contribution is 2.24. The highest BCUT2D eigenvalue weighted by Gasteiger charge is 2.11. The minimum Gasteiger partial charge on any atom is -0.509 e. The van der Waals surface area contributed by atoms with Crippen molar-refractivity contribution in [2.45, 2.75) is 20.8 Å². The summed E-state index contributed by atoms with van der Waals surface area (Å²) >= 11 is 0. The zero-order valence-corrected chi connectivity index (χ0v) is 7.52. The van der Waals surface area contributed by atoms with E-state index in [2.05, 4.69) is 33.9 Å². The molecule has 0 aliphatic rings. The Hall–Kier alpha value is -0.980. The summed E-state index contributed by atoms with van der Waals surface area (Å²) in [4.78, 5) is 0. The Morgan fingerprint density at radius 2 is 1.64 bits per heavy atom. The summed E-state index contributed by atoms with van der Waals surface area (Å²) in [6.45, 7) is 13.4. The third-order valence-corrected chi connectivity index (χ3v) is 1.44. The highest BCUT2D eigenvalue weighted by atomic mass is 16.3. The van der Waals surface area contributed by atoms with Gasteiger partial charge in [-0.15, -0.1) is 0 Å². The van der Waals surface area contributed by atoms with E-state index in [9.17, 15) is 0 Å². The van der Waals surface area contributed by atoms with Gasteiger partial charge in [0.05, 0.1) is 0 Å². The third-order valence-electron chi connectivity index (χ3n) is 1.44. The molecule has 0 amide bonds. The van der Waals surface area contributed by atoms with Crippen LogP contribution in [0.1, 0.15) is 20.8 Å². The number of hydrogen-bond donors (Lipinski definition) is 1. The lowest BCUT2D eigenvalue weighted by molar-refractivity contribution is 0.434. The van der Waals surface area contributed by atoms with Gasteiger partial charge in [-0.3, -0.25) is 0 Å². The second kappa shape index (κ2) is 3.42.